The quantitative estimate of drug-likeness (QED) is 0.470. The number of rotatable bonds is 6. The van der Waals surface area contributed by atoms with Crippen LogP contribution in [0.3, 0.4) is 0 Å². The summed E-state index contributed by atoms with van der Waals surface area (Å²) in [6.45, 7) is 1.44. The third-order valence-corrected chi connectivity index (χ3v) is 2.36. The highest BCUT2D eigenvalue weighted by Crippen LogP contribution is 1.99. The Bertz CT molecular complexity index is 341. The van der Waals surface area contributed by atoms with Crippen molar-refractivity contribution in [3.05, 3.63) is 0 Å². The highest BCUT2D eigenvalue weighted by atomic mass is 16.6. The number of amides is 2. The molecule has 0 spiro atoms. The maximum absolute atomic E-state index is 11.4. The van der Waals surface area contributed by atoms with Gasteiger partial charge in [0.2, 0.25) is 0 Å². The number of hydrogen-bond acceptors (Lipinski definition) is 5. The molecule has 2 unspecified atom stereocenters. The number of carbonyl (C=O) groups excluding carboxylic acids is 1. The molecule has 2 amide bonds. The van der Waals surface area contributed by atoms with Crippen molar-refractivity contribution < 1.29 is 34.1 Å². The number of aliphatic carboxylic acids is 2. The predicted octanol–water partition coefficient (Wildman–Crippen LogP) is -1.37. The van der Waals surface area contributed by atoms with Crippen molar-refractivity contribution in [3.63, 3.8) is 0 Å². The van der Waals surface area contributed by atoms with Gasteiger partial charge in [0.05, 0.1) is 32.3 Å². The first-order chi connectivity index (χ1) is 8.99. The summed E-state index contributed by atoms with van der Waals surface area (Å²) in [4.78, 5) is 32.6. The smallest absolute Gasteiger partial charge is 0.326 e. The number of urea groups is 1. The first kappa shape index (κ1) is 15.2. The van der Waals surface area contributed by atoms with Gasteiger partial charge >= 0.3 is 18.0 Å². The average molecular weight is 276 g/mol. The predicted molar refractivity (Wildman–Crippen MR) is 60.8 cm³/mol. The molecule has 0 radical (unpaired) electrons. The van der Waals surface area contributed by atoms with Gasteiger partial charge in [0.1, 0.15) is 6.04 Å². The van der Waals surface area contributed by atoms with Crippen LogP contribution in [-0.2, 0) is 19.1 Å². The zero-order chi connectivity index (χ0) is 14.3. The molecule has 0 aromatic rings. The van der Waals surface area contributed by atoms with E-state index < -0.39 is 30.4 Å². The summed E-state index contributed by atoms with van der Waals surface area (Å²) in [5.41, 5.74) is 0. The van der Waals surface area contributed by atoms with Crippen molar-refractivity contribution in [1.82, 2.24) is 10.6 Å². The molecule has 0 aliphatic carbocycles. The van der Waals surface area contributed by atoms with Gasteiger partial charge in [-0.05, 0) is 0 Å². The largest absolute Gasteiger partial charge is 0.481 e. The van der Waals surface area contributed by atoms with Gasteiger partial charge in [-0.2, -0.15) is 0 Å². The van der Waals surface area contributed by atoms with Gasteiger partial charge in [-0.25, -0.2) is 9.59 Å². The monoisotopic (exact) mass is 276 g/mol. The summed E-state index contributed by atoms with van der Waals surface area (Å²) in [6, 6.07) is -2.23. The molecule has 1 heterocycles. The van der Waals surface area contributed by atoms with E-state index >= 15 is 0 Å². The van der Waals surface area contributed by atoms with Crippen molar-refractivity contribution in [2.45, 2.75) is 18.6 Å². The molecule has 1 aliphatic heterocycles. The van der Waals surface area contributed by atoms with Crippen LogP contribution in [0, 0.1) is 0 Å². The average Bonchev–Trinajstić information content (AvgIpc) is 2.36. The summed E-state index contributed by atoms with van der Waals surface area (Å²) in [5.74, 6) is -2.72. The second-order valence-electron chi connectivity index (χ2n) is 3.91. The normalized spacial score (nSPS) is 20.3. The van der Waals surface area contributed by atoms with E-state index in [1.165, 1.54) is 0 Å². The summed E-state index contributed by atoms with van der Waals surface area (Å²) in [6.07, 6.45) is -0.978. The van der Waals surface area contributed by atoms with E-state index in [0.717, 1.165) is 0 Å². The standard InChI is InChI=1S/C10H16N2O7/c13-8(14)3-7(9(15)16)12-10(17)11-4-6-5-18-1-2-19-6/h6-7H,1-5H2,(H,13,14)(H,15,16)(H2,11,12,17). The van der Waals surface area contributed by atoms with Gasteiger partial charge in [-0.3, -0.25) is 4.79 Å². The van der Waals surface area contributed by atoms with Gasteiger partial charge in [-0.15, -0.1) is 0 Å². The number of carboxylic acid groups (broad SMARTS) is 2. The van der Waals surface area contributed by atoms with Crippen LogP contribution in [-0.4, -0.2) is 66.7 Å². The van der Waals surface area contributed by atoms with Gasteiger partial charge in [0.25, 0.3) is 0 Å². The first-order valence-corrected chi connectivity index (χ1v) is 5.67. The Balaban J connectivity index is 2.31. The van der Waals surface area contributed by atoms with Crippen LogP contribution in [0.25, 0.3) is 0 Å². The van der Waals surface area contributed by atoms with E-state index in [-0.39, 0.29) is 12.6 Å². The van der Waals surface area contributed by atoms with E-state index in [9.17, 15) is 14.4 Å². The van der Waals surface area contributed by atoms with Crippen LogP contribution in [0.1, 0.15) is 6.42 Å². The van der Waals surface area contributed by atoms with E-state index in [1.54, 1.807) is 0 Å². The zero-order valence-corrected chi connectivity index (χ0v) is 10.1. The minimum atomic E-state index is -1.47. The SMILES string of the molecule is O=C(O)CC(NC(=O)NCC1COCCO1)C(=O)O. The maximum atomic E-state index is 11.4. The van der Waals surface area contributed by atoms with Crippen molar-refractivity contribution in [2.24, 2.45) is 0 Å². The molecular formula is C10H16N2O7. The molecule has 19 heavy (non-hydrogen) atoms. The van der Waals surface area contributed by atoms with Crippen molar-refractivity contribution >= 4 is 18.0 Å². The van der Waals surface area contributed by atoms with Crippen molar-refractivity contribution in [2.75, 3.05) is 26.4 Å². The van der Waals surface area contributed by atoms with Crippen LogP contribution in [0.15, 0.2) is 0 Å². The lowest BCUT2D eigenvalue weighted by Gasteiger charge is -2.23. The number of hydrogen-bond donors (Lipinski definition) is 4. The van der Waals surface area contributed by atoms with Crippen LogP contribution in [0.4, 0.5) is 4.79 Å². The highest BCUT2D eigenvalue weighted by Gasteiger charge is 2.23. The Hall–Kier alpha value is -1.87. The fourth-order valence-corrected chi connectivity index (χ4v) is 1.44. The molecule has 0 saturated carbocycles. The number of carboxylic acids is 2. The second kappa shape index (κ2) is 7.54. The van der Waals surface area contributed by atoms with Crippen LogP contribution in [0.5, 0.6) is 0 Å². The topological polar surface area (TPSA) is 134 Å². The van der Waals surface area contributed by atoms with Gasteiger partial charge in [0.15, 0.2) is 0 Å². The second-order valence-corrected chi connectivity index (χ2v) is 3.91. The number of ether oxygens (including phenoxy) is 2. The Morgan fingerprint density at radius 3 is 2.53 bits per heavy atom. The lowest BCUT2D eigenvalue weighted by Crippen LogP contribution is -2.49. The highest BCUT2D eigenvalue weighted by molar-refractivity contribution is 5.86. The minimum Gasteiger partial charge on any atom is -0.481 e. The molecule has 1 aliphatic rings. The molecule has 1 rings (SSSR count). The lowest BCUT2D eigenvalue weighted by atomic mass is 10.2. The fourth-order valence-electron chi connectivity index (χ4n) is 1.44. The molecule has 4 N–H and O–H groups in total. The van der Waals surface area contributed by atoms with E-state index in [0.29, 0.717) is 19.8 Å². The van der Waals surface area contributed by atoms with Crippen LogP contribution >= 0.6 is 0 Å². The van der Waals surface area contributed by atoms with E-state index in [2.05, 4.69) is 10.6 Å². The summed E-state index contributed by atoms with van der Waals surface area (Å²) in [5, 5.41) is 21.7. The number of carbonyl (C=O) groups is 3. The lowest BCUT2D eigenvalue weighted by molar-refractivity contribution is -0.145. The Kier molecular flexibility index (Phi) is 6.03. The molecular weight excluding hydrogens is 260 g/mol. The first-order valence-electron chi connectivity index (χ1n) is 5.67. The zero-order valence-electron chi connectivity index (χ0n) is 10.1. The minimum absolute atomic E-state index is 0.158. The molecule has 0 aromatic heterocycles. The molecule has 0 bridgehead atoms. The molecule has 9 nitrogen and oxygen atoms in total. The number of nitrogens with one attached hydrogen (secondary N) is 2. The fraction of sp³-hybridized carbons (Fsp3) is 0.700. The van der Waals surface area contributed by atoms with E-state index in [1.807, 2.05) is 0 Å². The third kappa shape index (κ3) is 6.02. The molecule has 1 saturated heterocycles. The Morgan fingerprint density at radius 1 is 1.26 bits per heavy atom. The van der Waals surface area contributed by atoms with Gasteiger partial charge in [-0.1, -0.05) is 0 Å². The Labute approximate surface area is 108 Å². The van der Waals surface area contributed by atoms with Crippen LogP contribution in [0.2, 0.25) is 0 Å². The van der Waals surface area contributed by atoms with Gasteiger partial charge < -0.3 is 30.3 Å². The van der Waals surface area contributed by atoms with Crippen molar-refractivity contribution in [3.8, 4) is 0 Å². The Morgan fingerprint density at radius 2 is 2.00 bits per heavy atom. The summed E-state index contributed by atoms with van der Waals surface area (Å²) >= 11 is 0. The molecule has 1 fully saturated rings. The molecule has 9 heteroatoms. The maximum Gasteiger partial charge on any atom is 0.326 e. The summed E-state index contributed by atoms with van der Waals surface area (Å²) < 4.78 is 10.4. The van der Waals surface area contributed by atoms with Gasteiger partial charge in [0, 0.05) is 6.54 Å². The van der Waals surface area contributed by atoms with Crippen LogP contribution < -0.4 is 10.6 Å². The van der Waals surface area contributed by atoms with E-state index in [4.69, 9.17) is 19.7 Å². The van der Waals surface area contributed by atoms with Crippen molar-refractivity contribution in [1.29, 1.82) is 0 Å². The summed E-state index contributed by atoms with van der Waals surface area (Å²) in [7, 11) is 0. The molecule has 108 valence electrons. The third-order valence-electron chi connectivity index (χ3n) is 2.36. The molecule has 2 atom stereocenters. The molecule has 0 aromatic carbocycles.